The molecule has 0 amide bonds. The lowest BCUT2D eigenvalue weighted by atomic mass is 10.2. The molecule has 1 rings (SSSR count). The van der Waals surface area contributed by atoms with Crippen molar-refractivity contribution in [1.82, 2.24) is 4.72 Å². The van der Waals surface area contributed by atoms with Crippen molar-refractivity contribution in [1.29, 1.82) is 0 Å². The summed E-state index contributed by atoms with van der Waals surface area (Å²) >= 11 is 5.73. The molecule has 6 heteroatoms. The summed E-state index contributed by atoms with van der Waals surface area (Å²) < 4.78 is 25.5. The van der Waals surface area contributed by atoms with Gasteiger partial charge in [-0.1, -0.05) is 35.9 Å². The Hall–Kier alpha value is -1.14. The Morgan fingerprint density at radius 3 is 2.50 bits per heavy atom. The van der Waals surface area contributed by atoms with Gasteiger partial charge in [0.2, 0.25) is 10.0 Å². The Labute approximate surface area is 112 Å². The Morgan fingerprint density at radius 2 is 1.89 bits per heavy atom. The van der Waals surface area contributed by atoms with E-state index in [0.717, 1.165) is 11.0 Å². The van der Waals surface area contributed by atoms with Gasteiger partial charge in [0.25, 0.3) is 0 Å². The van der Waals surface area contributed by atoms with Crippen LogP contribution >= 0.6 is 11.6 Å². The van der Waals surface area contributed by atoms with Crippen LogP contribution in [0.15, 0.2) is 41.8 Å². The Bertz CT molecular complexity index is 522. The van der Waals surface area contributed by atoms with Gasteiger partial charge < -0.3 is 5.73 Å². The molecule has 1 aromatic rings. The number of nitrogens with one attached hydrogen (secondary N) is 1. The standard InChI is InChI=1S/C12H15ClN2O2S/c13-12-5-3-11(4-6-12)7-10-18(16,17)15-9-2-1-8-14/h1-7,10,15H,8-9,14H2/b2-1+,10-7+. The van der Waals surface area contributed by atoms with Gasteiger partial charge in [0.15, 0.2) is 0 Å². The number of hydrogen-bond donors (Lipinski definition) is 2. The SMILES string of the molecule is NC/C=C/CNS(=O)(=O)/C=C/c1ccc(Cl)cc1. The quantitative estimate of drug-likeness (QED) is 0.783. The molecule has 0 aliphatic heterocycles. The Morgan fingerprint density at radius 1 is 1.22 bits per heavy atom. The van der Waals surface area contributed by atoms with Gasteiger partial charge in [-0.15, -0.1) is 0 Å². The van der Waals surface area contributed by atoms with Crippen LogP contribution in [0.5, 0.6) is 0 Å². The molecule has 4 nitrogen and oxygen atoms in total. The average molecular weight is 287 g/mol. The maximum Gasteiger partial charge on any atom is 0.234 e. The molecule has 0 spiro atoms. The van der Waals surface area contributed by atoms with Crippen LogP contribution < -0.4 is 10.5 Å². The van der Waals surface area contributed by atoms with E-state index in [-0.39, 0.29) is 6.54 Å². The van der Waals surface area contributed by atoms with E-state index in [1.54, 1.807) is 36.4 Å². The highest BCUT2D eigenvalue weighted by Gasteiger charge is 2.01. The van der Waals surface area contributed by atoms with E-state index in [1.165, 1.54) is 6.08 Å². The molecule has 0 bridgehead atoms. The van der Waals surface area contributed by atoms with Crippen LogP contribution in [0.1, 0.15) is 5.56 Å². The van der Waals surface area contributed by atoms with E-state index < -0.39 is 10.0 Å². The van der Waals surface area contributed by atoms with Gasteiger partial charge in [0.05, 0.1) is 0 Å². The van der Waals surface area contributed by atoms with Crippen molar-refractivity contribution in [2.45, 2.75) is 0 Å². The molecule has 0 aromatic heterocycles. The maximum absolute atomic E-state index is 11.5. The fourth-order valence-corrected chi connectivity index (χ4v) is 2.02. The monoisotopic (exact) mass is 286 g/mol. The summed E-state index contributed by atoms with van der Waals surface area (Å²) in [4.78, 5) is 0. The summed E-state index contributed by atoms with van der Waals surface area (Å²) in [5, 5.41) is 1.73. The third-order valence-corrected chi connectivity index (χ3v) is 3.33. The van der Waals surface area contributed by atoms with E-state index in [1.807, 2.05) is 0 Å². The topological polar surface area (TPSA) is 72.2 Å². The molecule has 0 aliphatic carbocycles. The van der Waals surface area contributed by atoms with Crippen molar-refractivity contribution in [2.75, 3.05) is 13.1 Å². The van der Waals surface area contributed by atoms with Crippen molar-refractivity contribution >= 4 is 27.7 Å². The van der Waals surface area contributed by atoms with Crippen LogP contribution in [0.3, 0.4) is 0 Å². The summed E-state index contributed by atoms with van der Waals surface area (Å²) in [6, 6.07) is 6.88. The molecular weight excluding hydrogens is 272 g/mol. The van der Waals surface area contributed by atoms with Gasteiger partial charge in [-0.05, 0) is 23.8 Å². The molecule has 0 saturated heterocycles. The van der Waals surface area contributed by atoms with Crippen LogP contribution in [-0.4, -0.2) is 21.5 Å². The first-order chi connectivity index (χ1) is 8.53. The third kappa shape index (κ3) is 5.97. The second-order valence-corrected chi connectivity index (χ2v) is 5.54. The van der Waals surface area contributed by atoms with Gasteiger partial charge in [-0.25, -0.2) is 13.1 Å². The second kappa shape index (κ2) is 7.33. The molecule has 0 heterocycles. The van der Waals surface area contributed by atoms with Crippen LogP contribution in [-0.2, 0) is 10.0 Å². The fraction of sp³-hybridized carbons (Fsp3) is 0.167. The van der Waals surface area contributed by atoms with Crippen molar-refractivity contribution in [2.24, 2.45) is 5.73 Å². The van der Waals surface area contributed by atoms with Crippen molar-refractivity contribution < 1.29 is 8.42 Å². The maximum atomic E-state index is 11.5. The molecular formula is C12H15ClN2O2S. The highest BCUT2D eigenvalue weighted by molar-refractivity contribution is 7.92. The molecule has 0 atom stereocenters. The van der Waals surface area contributed by atoms with Gasteiger partial charge in [0, 0.05) is 23.5 Å². The first kappa shape index (κ1) is 14.9. The van der Waals surface area contributed by atoms with Gasteiger partial charge in [-0.3, -0.25) is 0 Å². The summed E-state index contributed by atoms with van der Waals surface area (Å²) in [5.74, 6) is 0. The smallest absolute Gasteiger partial charge is 0.234 e. The zero-order chi connectivity index (χ0) is 13.4. The second-order valence-electron chi connectivity index (χ2n) is 3.45. The van der Waals surface area contributed by atoms with Crippen molar-refractivity contribution in [3.05, 3.63) is 52.4 Å². The molecule has 18 heavy (non-hydrogen) atoms. The number of nitrogens with two attached hydrogens (primary N) is 1. The molecule has 98 valence electrons. The minimum atomic E-state index is -3.43. The molecule has 0 radical (unpaired) electrons. The number of halogens is 1. The molecule has 3 N–H and O–H groups in total. The largest absolute Gasteiger partial charge is 0.327 e. The summed E-state index contributed by atoms with van der Waals surface area (Å²) in [7, 11) is -3.43. The number of sulfonamides is 1. The minimum absolute atomic E-state index is 0.227. The lowest BCUT2D eigenvalue weighted by Gasteiger charge is -1.98. The van der Waals surface area contributed by atoms with Crippen LogP contribution in [0, 0.1) is 0 Å². The third-order valence-electron chi connectivity index (χ3n) is 2.01. The highest BCUT2D eigenvalue weighted by Crippen LogP contribution is 2.10. The average Bonchev–Trinajstić information content (AvgIpc) is 2.34. The van der Waals surface area contributed by atoms with E-state index in [2.05, 4.69) is 4.72 Å². The predicted molar refractivity (Wildman–Crippen MR) is 75.6 cm³/mol. The predicted octanol–water partition coefficient (Wildman–Crippen LogP) is 1.75. The highest BCUT2D eigenvalue weighted by atomic mass is 35.5. The lowest BCUT2D eigenvalue weighted by Crippen LogP contribution is -2.21. The first-order valence-corrected chi connectivity index (χ1v) is 7.24. The number of benzene rings is 1. The normalized spacial score (nSPS) is 12.6. The molecule has 0 unspecified atom stereocenters. The zero-order valence-electron chi connectivity index (χ0n) is 9.71. The number of hydrogen-bond acceptors (Lipinski definition) is 3. The zero-order valence-corrected chi connectivity index (χ0v) is 11.3. The minimum Gasteiger partial charge on any atom is -0.327 e. The molecule has 0 fully saturated rings. The van der Waals surface area contributed by atoms with Crippen LogP contribution in [0.4, 0.5) is 0 Å². The first-order valence-electron chi connectivity index (χ1n) is 5.32. The van der Waals surface area contributed by atoms with Gasteiger partial charge in [-0.2, -0.15) is 0 Å². The summed E-state index contributed by atoms with van der Waals surface area (Å²) in [6.45, 7) is 0.618. The van der Waals surface area contributed by atoms with E-state index >= 15 is 0 Å². The van der Waals surface area contributed by atoms with Crippen molar-refractivity contribution in [3.8, 4) is 0 Å². The molecule has 0 aliphatic rings. The molecule has 0 saturated carbocycles. The Balaban J connectivity index is 2.59. The number of rotatable bonds is 6. The van der Waals surface area contributed by atoms with Gasteiger partial charge >= 0.3 is 0 Å². The van der Waals surface area contributed by atoms with Crippen LogP contribution in [0.25, 0.3) is 6.08 Å². The molecule has 1 aromatic carbocycles. The van der Waals surface area contributed by atoms with Crippen molar-refractivity contribution in [3.63, 3.8) is 0 Å². The van der Waals surface area contributed by atoms with Gasteiger partial charge in [0.1, 0.15) is 0 Å². The fourth-order valence-electron chi connectivity index (χ4n) is 1.13. The summed E-state index contributed by atoms with van der Waals surface area (Å²) in [6.07, 6.45) is 4.85. The Kier molecular flexibility index (Phi) is 6.07. The van der Waals surface area contributed by atoms with E-state index in [9.17, 15) is 8.42 Å². The lowest BCUT2D eigenvalue weighted by molar-refractivity contribution is 0.595. The van der Waals surface area contributed by atoms with E-state index in [4.69, 9.17) is 17.3 Å². The van der Waals surface area contributed by atoms with Crippen LogP contribution in [0.2, 0.25) is 5.02 Å². The summed E-state index contributed by atoms with van der Waals surface area (Å²) in [5.41, 5.74) is 6.00. The van der Waals surface area contributed by atoms with E-state index in [0.29, 0.717) is 11.6 Å².